The van der Waals surface area contributed by atoms with Gasteiger partial charge in [0.05, 0.1) is 7.11 Å². The minimum Gasteiger partial charge on any atom is -0.468 e. The summed E-state index contributed by atoms with van der Waals surface area (Å²) in [5.41, 5.74) is 1.14. The van der Waals surface area contributed by atoms with E-state index in [0.717, 1.165) is 5.56 Å². The van der Waals surface area contributed by atoms with Crippen LogP contribution in [0.15, 0.2) is 42.5 Å². The van der Waals surface area contributed by atoms with Crippen LogP contribution in [-0.2, 0) is 20.9 Å². The molecule has 0 bridgehead atoms. The molecule has 0 unspecified atom stereocenters. The van der Waals surface area contributed by atoms with E-state index in [4.69, 9.17) is 4.74 Å². The first kappa shape index (κ1) is 16.5. The molecule has 0 aliphatic carbocycles. The van der Waals surface area contributed by atoms with E-state index in [1.54, 1.807) is 0 Å². The standard InChI is InChI=1S/C19H22N2O3/c1-13(22)20-17-10-18(19(23)24-2)21(12-17)11-14-7-8-15-5-3-4-6-16(15)9-14/h3-9,17-18H,10-12H2,1-2H3,(H,20,22)/t17-,18+/m1/s1. The van der Waals surface area contributed by atoms with Crippen LogP contribution in [0.5, 0.6) is 0 Å². The van der Waals surface area contributed by atoms with Crippen LogP contribution in [-0.4, -0.2) is 42.5 Å². The normalized spacial score (nSPS) is 20.9. The second-order valence-corrected chi connectivity index (χ2v) is 6.28. The lowest BCUT2D eigenvalue weighted by molar-refractivity contribution is -0.146. The molecule has 0 aromatic heterocycles. The maximum Gasteiger partial charge on any atom is 0.323 e. The summed E-state index contributed by atoms with van der Waals surface area (Å²) in [5, 5.41) is 5.29. The van der Waals surface area contributed by atoms with Crippen molar-refractivity contribution in [3.63, 3.8) is 0 Å². The maximum atomic E-state index is 12.1. The molecular formula is C19H22N2O3. The number of carbonyl (C=O) groups excluding carboxylic acids is 2. The average Bonchev–Trinajstić information content (AvgIpc) is 2.95. The summed E-state index contributed by atoms with van der Waals surface area (Å²) < 4.78 is 4.93. The van der Waals surface area contributed by atoms with E-state index in [-0.39, 0.29) is 24.0 Å². The Kier molecular flexibility index (Phi) is 4.81. The molecule has 1 amide bonds. The van der Waals surface area contributed by atoms with Crippen molar-refractivity contribution < 1.29 is 14.3 Å². The first-order valence-electron chi connectivity index (χ1n) is 8.13. The topological polar surface area (TPSA) is 58.6 Å². The fraction of sp³-hybridized carbons (Fsp3) is 0.368. The first-order chi connectivity index (χ1) is 11.6. The highest BCUT2D eigenvalue weighted by molar-refractivity contribution is 5.83. The number of hydrogen-bond acceptors (Lipinski definition) is 4. The zero-order valence-corrected chi connectivity index (χ0v) is 14.0. The largest absolute Gasteiger partial charge is 0.468 e. The van der Waals surface area contributed by atoms with Gasteiger partial charge < -0.3 is 10.1 Å². The zero-order chi connectivity index (χ0) is 17.1. The summed E-state index contributed by atoms with van der Waals surface area (Å²) in [6, 6.07) is 14.2. The Hall–Kier alpha value is -2.40. The molecule has 2 atom stereocenters. The first-order valence-corrected chi connectivity index (χ1v) is 8.13. The van der Waals surface area contributed by atoms with E-state index in [0.29, 0.717) is 19.5 Å². The van der Waals surface area contributed by atoms with Gasteiger partial charge in [-0.25, -0.2) is 0 Å². The Morgan fingerprint density at radius 1 is 1.21 bits per heavy atom. The minimum atomic E-state index is -0.321. The third-order valence-corrected chi connectivity index (χ3v) is 4.48. The van der Waals surface area contributed by atoms with E-state index in [2.05, 4.69) is 40.5 Å². The molecule has 5 heteroatoms. The van der Waals surface area contributed by atoms with Crippen molar-refractivity contribution in [2.24, 2.45) is 0 Å². The molecule has 1 aliphatic heterocycles. The van der Waals surface area contributed by atoms with Gasteiger partial charge in [0.2, 0.25) is 5.91 Å². The molecule has 0 spiro atoms. The maximum absolute atomic E-state index is 12.1. The van der Waals surface area contributed by atoms with Crippen LogP contribution in [0.1, 0.15) is 18.9 Å². The molecule has 2 aromatic carbocycles. The van der Waals surface area contributed by atoms with E-state index >= 15 is 0 Å². The number of likely N-dealkylation sites (tertiary alicyclic amines) is 1. The van der Waals surface area contributed by atoms with Crippen LogP contribution >= 0.6 is 0 Å². The number of amides is 1. The molecule has 1 heterocycles. The van der Waals surface area contributed by atoms with E-state index < -0.39 is 0 Å². The quantitative estimate of drug-likeness (QED) is 0.874. The second-order valence-electron chi connectivity index (χ2n) is 6.28. The van der Waals surface area contributed by atoms with Gasteiger partial charge in [-0.15, -0.1) is 0 Å². The van der Waals surface area contributed by atoms with Gasteiger partial charge >= 0.3 is 5.97 Å². The van der Waals surface area contributed by atoms with Gasteiger partial charge in [-0.3, -0.25) is 14.5 Å². The number of fused-ring (bicyclic) bond motifs is 1. The number of nitrogens with zero attached hydrogens (tertiary/aromatic N) is 1. The summed E-state index contributed by atoms with van der Waals surface area (Å²) in [7, 11) is 1.41. The molecule has 24 heavy (non-hydrogen) atoms. The van der Waals surface area contributed by atoms with Crippen molar-refractivity contribution in [3.8, 4) is 0 Å². The summed E-state index contributed by atoms with van der Waals surface area (Å²) in [5.74, 6) is -0.320. The van der Waals surface area contributed by atoms with Crippen molar-refractivity contribution in [2.45, 2.75) is 32.0 Å². The zero-order valence-electron chi connectivity index (χ0n) is 14.0. The van der Waals surface area contributed by atoms with Crippen molar-refractivity contribution in [3.05, 3.63) is 48.0 Å². The number of hydrogen-bond donors (Lipinski definition) is 1. The van der Waals surface area contributed by atoms with Gasteiger partial charge in [-0.2, -0.15) is 0 Å². The number of benzene rings is 2. The highest BCUT2D eigenvalue weighted by Gasteiger charge is 2.37. The predicted octanol–water partition coefficient (Wildman–Crippen LogP) is 2.09. The second kappa shape index (κ2) is 7.01. The molecule has 1 N–H and O–H groups in total. The summed E-state index contributed by atoms with van der Waals surface area (Å²) >= 11 is 0. The number of esters is 1. The highest BCUT2D eigenvalue weighted by atomic mass is 16.5. The van der Waals surface area contributed by atoms with Gasteiger partial charge in [0.1, 0.15) is 6.04 Å². The van der Waals surface area contributed by atoms with E-state index in [1.807, 2.05) is 12.1 Å². The molecule has 1 fully saturated rings. The summed E-state index contributed by atoms with van der Waals surface area (Å²) in [6.07, 6.45) is 0.583. The minimum absolute atomic E-state index is 0.0212. The smallest absolute Gasteiger partial charge is 0.323 e. The predicted molar refractivity (Wildman–Crippen MR) is 92.4 cm³/mol. The van der Waals surface area contributed by atoms with Gasteiger partial charge in [-0.05, 0) is 28.8 Å². The number of nitrogens with one attached hydrogen (secondary N) is 1. The van der Waals surface area contributed by atoms with Gasteiger partial charge in [-0.1, -0.05) is 36.4 Å². The highest BCUT2D eigenvalue weighted by Crippen LogP contribution is 2.23. The molecule has 0 radical (unpaired) electrons. The van der Waals surface area contributed by atoms with Crippen LogP contribution in [0.4, 0.5) is 0 Å². The molecule has 5 nitrogen and oxygen atoms in total. The van der Waals surface area contributed by atoms with Crippen LogP contribution in [0, 0.1) is 0 Å². The van der Waals surface area contributed by atoms with E-state index in [1.165, 1.54) is 24.8 Å². The van der Waals surface area contributed by atoms with Crippen LogP contribution in [0.3, 0.4) is 0 Å². The fourth-order valence-electron chi connectivity index (χ4n) is 3.42. The Balaban J connectivity index is 1.79. The number of rotatable bonds is 4. The molecular weight excluding hydrogens is 304 g/mol. The fourth-order valence-corrected chi connectivity index (χ4v) is 3.42. The Bertz CT molecular complexity index is 759. The van der Waals surface area contributed by atoms with Crippen molar-refractivity contribution in [2.75, 3.05) is 13.7 Å². The summed E-state index contributed by atoms with van der Waals surface area (Å²) in [4.78, 5) is 25.5. The molecule has 1 aliphatic rings. The SMILES string of the molecule is COC(=O)[C@@H]1C[C@@H](NC(C)=O)CN1Cc1ccc2ccccc2c1. The van der Waals surface area contributed by atoms with Gasteiger partial charge in [0.15, 0.2) is 0 Å². The lowest BCUT2D eigenvalue weighted by Gasteiger charge is -2.22. The number of ether oxygens (including phenoxy) is 1. The van der Waals surface area contributed by atoms with Crippen LogP contribution in [0.2, 0.25) is 0 Å². The van der Waals surface area contributed by atoms with Crippen LogP contribution < -0.4 is 5.32 Å². The van der Waals surface area contributed by atoms with Crippen LogP contribution in [0.25, 0.3) is 10.8 Å². The Labute approximate surface area is 141 Å². The van der Waals surface area contributed by atoms with Crippen molar-refractivity contribution in [1.82, 2.24) is 10.2 Å². The van der Waals surface area contributed by atoms with E-state index in [9.17, 15) is 9.59 Å². The third-order valence-electron chi connectivity index (χ3n) is 4.48. The van der Waals surface area contributed by atoms with Gasteiger partial charge in [0.25, 0.3) is 0 Å². The molecule has 2 aromatic rings. The number of carbonyl (C=O) groups is 2. The molecule has 126 valence electrons. The van der Waals surface area contributed by atoms with Crippen molar-refractivity contribution >= 4 is 22.6 Å². The summed E-state index contributed by atoms with van der Waals surface area (Å²) in [6.45, 7) is 2.80. The van der Waals surface area contributed by atoms with Gasteiger partial charge in [0, 0.05) is 26.1 Å². The monoisotopic (exact) mass is 326 g/mol. The average molecular weight is 326 g/mol. The lowest BCUT2D eigenvalue weighted by atomic mass is 10.1. The Morgan fingerprint density at radius 3 is 2.67 bits per heavy atom. The third kappa shape index (κ3) is 3.57. The number of methoxy groups -OCH3 is 1. The molecule has 3 rings (SSSR count). The lowest BCUT2D eigenvalue weighted by Crippen LogP contribution is -2.37. The molecule has 1 saturated heterocycles. The molecule has 0 saturated carbocycles. The van der Waals surface area contributed by atoms with Crippen molar-refractivity contribution in [1.29, 1.82) is 0 Å². The Morgan fingerprint density at radius 2 is 1.96 bits per heavy atom.